The van der Waals surface area contributed by atoms with Crippen LogP contribution in [0.25, 0.3) is 0 Å². The van der Waals surface area contributed by atoms with Gasteiger partial charge in [-0.2, -0.15) is 0 Å². The summed E-state index contributed by atoms with van der Waals surface area (Å²) in [6.07, 6.45) is 2.77. The number of anilines is 3. The second-order valence-electron chi connectivity index (χ2n) is 3.91. The largest absolute Gasteiger partial charge is 0.495 e. The molecule has 0 radical (unpaired) electrons. The van der Waals surface area contributed by atoms with Crippen LogP contribution in [0.1, 0.15) is 5.56 Å². The van der Waals surface area contributed by atoms with E-state index in [1.807, 2.05) is 0 Å². The minimum absolute atomic E-state index is 0.272. The van der Waals surface area contributed by atoms with Gasteiger partial charge in [0.05, 0.1) is 24.6 Å². The number of nitrogens with one attached hydrogen (secondary N) is 1. The Hall–Kier alpha value is -2.54. The number of methoxy groups -OCH3 is 1. The van der Waals surface area contributed by atoms with Gasteiger partial charge in [-0.3, -0.25) is 0 Å². The number of nitrogen functional groups attached to an aromatic ring is 1. The van der Waals surface area contributed by atoms with Crippen molar-refractivity contribution in [2.24, 2.45) is 5.16 Å². The van der Waals surface area contributed by atoms with E-state index in [2.05, 4.69) is 25.3 Å². The zero-order valence-corrected chi connectivity index (χ0v) is 12.3. The molecule has 110 valence electrons. The monoisotopic (exact) mass is 307 g/mol. The number of ether oxygens (including phenoxy) is 1. The van der Waals surface area contributed by atoms with E-state index in [0.717, 1.165) is 0 Å². The molecule has 0 saturated carbocycles. The van der Waals surface area contributed by atoms with E-state index in [1.165, 1.54) is 19.7 Å². The lowest BCUT2D eigenvalue weighted by Gasteiger charge is -2.13. The lowest BCUT2D eigenvalue weighted by atomic mass is 10.2. The SMILES string of the molecule is CO/N=C/c1c(N)ncnc1Nc1cc(Cl)ccc1OC. The number of nitrogens with two attached hydrogens (primary N) is 1. The molecule has 0 spiro atoms. The minimum Gasteiger partial charge on any atom is -0.495 e. The van der Waals surface area contributed by atoms with Gasteiger partial charge in [0, 0.05) is 5.02 Å². The standard InChI is InChI=1S/C13H14ClN5O2/c1-20-11-4-3-8(14)5-10(11)19-13-9(6-18-21-2)12(15)16-7-17-13/h3-7H,1-2H3,(H3,15,16,17,19)/b18-6+. The van der Waals surface area contributed by atoms with Crippen LogP contribution < -0.4 is 15.8 Å². The van der Waals surface area contributed by atoms with Crippen LogP contribution in [0.5, 0.6) is 5.75 Å². The van der Waals surface area contributed by atoms with Crippen LogP contribution in [0.3, 0.4) is 0 Å². The fourth-order valence-corrected chi connectivity index (χ4v) is 1.82. The first-order valence-corrected chi connectivity index (χ1v) is 6.31. The smallest absolute Gasteiger partial charge is 0.145 e. The number of hydrogen-bond acceptors (Lipinski definition) is 7. The molecule has 1 aromatic heterocycles. The van der Waals surface area contributed by atoms with E-state index in [1.54, 1.807) is 25.3 Å². The summed E-state index contributed by atoms with van der Waals surface area (Å²) in [7, 11) is 3.00. The van der Waals surface area contributed by atoms with Crippen molar-refractivity contribution in [2.45, 2.75) is 0 Å². The first-order chi connectivity index (χ1) is 10.2. The van der Waals surface area contributed by atoms with Gasteiger partial charge >= 0.3 is 0 Å². The quantitative estimate of drug-likeness (QED) is 0.651. The van der Waals surface area contributed by atoms with Crippen LogP contribution in [0, 0.1) is 0 Å². The van der Waals surface area contributed by atoms with Crippen molar-refractivity contribution in [1.29, 1.82) is 0 Å². The highest BCUT2D eigenvalue weighted by Crippen LogP contribution is 2.31. The average Bonchev–Trinajstić information content (AvgIpc) is 2.47. The Bertz CT molecular complexity index is 663. The molecule has 0 fully saturated rings. The van der Waals surface area contributed by atoms with E-state index in [9.17, 15) is 0 Å². The minimum atomic E-state index is 0.272. The number of aromatic nitrogens is 2. The van der Waals surface area contributed by atoms with Crippen molar-refractivity contribution in [3.63, 3.8) is 0 Å². The van der Waals surface area contributed by atoms with Crippen LogP contribution in [0.4, 0.5) is 17.3 Å². The molecule has 0 saturated heterocycles. The number of benzene rings is 1. The predicted octanol–water partition coefficient (Wildman–Crippen LogP) is 2.44. The Morgan fingerprint density at radius 2 is 2.14 bits per heavy atom. The maximum Gasteiger partial charge on any atom is 0.145 e. The number of hydrogen-bond donors (Lipinski definition) is 2. The van der Waals surface area contributed by atoms with Crippen LogP contribution in [-0.4, -0.2) is 30.4 Å². The highest BCUT2D eigenvalue weighted by molar-refractivity contribution is 6.31. The lowest BCUT2D eigenvalue weighted by Crippen LogP contribution is -2.05. The molecular weight excluding hydrogens is 294 g/mol. The normalized spacial score (nSPS) is 10.6. The summed E-state index contributed by atoms with van der Waals surface area (Å²) in [6, 6.07) is 5.20. The zero-order chi connectivity index (χ0) is 15.2. The van der Waals surface area contributed by atoms with Crippen molar-refractivity contribution in [3.8, 4) is 5.75 Å². The second kappa shape index (κ2) is 6.76. The first kappa shape index (κ1) is 14.9. The summed E-state index contributed by atoms with van der Waals surface area (Å²) in [6.45, 7) is 0. The van der Waals surface area contributed by atoms with Gasteiger partial charge in [-0.25, -0.2) is 9.97 Å². The van der Waals surface area contributed by atoms with Gasteiger partial charge in [0.25, 0.3) is 0 Å². The van der Waals surface area contributed by atoms with E-state index >= 15 is 0 Å². The molecule has 1 heterocycles. The Morgan fingerprint density at radius 3 is 2.86 bits per heavy atom. The molecule has 0 atom stereocenters. The van der Waals surface area contributed by atoms with Crippen molar-refractivity contribution < 1.29 is 9.57 Å². The van der Waals surface area contributed by atoms with Gasteiger partial charge in [0.2, 0.25) is 0 Å². The molecule has 7 nitrogen and oxygen atoms in total. The number of rotatable bonds is 5. The van der Waals surface area contributed by atoms with E-state index in [0.29, 0.717) is 27.8 Å². The second-order valence-corrected chi connectivity index (χ2v) is 4.34. The molecular formula is C13H14ClN5O2. The fourth-order valence-electron chi connectivity index (χ4n) is 1.65. The number of nitrogens with zero attached hydrogens (tertiary/aromatic N) is 3. The predicted molar refractivity (Wildman–Crippen MR) is 82.3 cm³/mol. The van der Waals surface area contributed by atoms with Crippen molar-refractivity contribution in [1.82, 2.24) is 9.97 Å². The van der Waals surface area contributed by atoms with E-state index in [4.69, 9.17) is 22.1 Å². The van der Waals surface area contributed by atoms with Gasteiger partial charge in [-0.15, -0.1) is 0 Å². The third kappa shape index (κ3) is 3.51. The highest BCUT2D eigenvalue weighted by Gasteiger charge is 2.11. The van der Waals surface area contributed by atoms with Gasteiger partial charge in [-0.1, -0.05) is 16.8 Å². The van der Waals surface area contributed by atoms with Crippen LogP contribution in [0.15, 0.2) is 29.7 Å². The summed E-state index contributed by atoms with van der Waals surface area (Å²) in [5.74, 6) is 1.35. The summed E-state index contributed by atoms with van der Waals surface area (Å²) in [5, 5.41) is 7.34. The molecule has 0 unspecified atom stereocenters. The van der Waals surface area contributed by atoms with Crippen LogP contribution in [-0.2, 0) is 4.84 Å². The Kier molecular flexibility index (Phi) is 4.78. The molecule has 0 aliphatic rings. The maximum absolute atomic E-state index is 6.00. The molecule has 8 heteroatoms. The molecule has 3 N–H and O–H groups in total. The molecule has 0 aliphatic carbocycles. The summed E-state index contributed by atoms with van der Waals surface area (Å²) >= 11 is 6.00. The van der Waals surface area contributed by atoms with E-state index in [-0.39, 0.29) is 5.82 Å². The molecule has 2 rings (SSSR count). The average molecular weight is 308 g/mol. The number of halogens is 1. The molecule has 0 bridgehead atoms. The summed E-state index contributed by atoms with van der Waals surface area (Å²) < 4.78 is 5.27. The molecule has 0 amide bonds. The van der Waals surface area contributed by atoms with Gasteiger partial charge < -0.3 is 20.6 Å². The number of oxime groups is 1. The van der Waals surface area contributed by atoms with Crippen LogP contribution >= 0.6 is 11.6 Å². The highest BCUT2D eigenvalue weighted by atomic mass is 35.5. The van der Waals surface area contributed by atoms with Crippen molar-refractivity contribution >= 4 is 35.1 Å². The van der Waals surface area contributed by atoms with Crippen LogP contribution in [0.2, 0.25) is 5.02 Å². The van der Waals surface area contributed by atoms with E-state index < -0.39 is 0 Å². The van der Waals surface area contributed by atoms with Gasteiger partial charge in [-0.05, 0) is 18.2 Å². The Morgan fingerprint density at radius 1 is 1.33 bits per heavy atom. The summed E-state index contributed by atoms with van der Waals surface area (Å²) in [4.78, 5) is 12.7. The fraction of sp³-hybridized carbons (Fsp3) is 0.154. The topological polar surface area (TPSA) is 94.7 Å². The third-order valence-electron chi connectivity index (χ3n) is 2.62. The Balaban J connectivity index is 2.42. The molecule has 1 aromatic carbocycles. The third-order valence-corrected chi connectivity index (χ3v) is 2.85. The lowest BCUT2D eigenvalue weighted by molar-refractivity contribution is 0.215. The van der Waals surface area contributed by atoms with Gasteiger partial charge in [0.1, 0.15) is 30.8 Å². The Labute approximate surface area is 126 Å². The van der Waals surface area contributed by atoms with Crippen molar-refractivity contribution in [2.75, 3.05) is 25.3 Å². The van der Waals surface area contributed by atoms with Crippen molar-refractivity contribution in [3.05, 3.63) is 35.1 Å². The zero-order valence-electron chi connectivity index (χ0n) is 11.5. The van der Waals surface area contributed by atoms with Gasteiger partial charge in [0.15, 0.2) is 0 Å². The molecule has 21 heavy (non-hydrogen) atoms. The first-order valence-electron chi connectivity index (χ1n) is 5.93. The molecule has 0 aliphatic heterocycles. The summed E-state index contributed by atoms with van der Waals surface area (Å²) in [5.41, 5.74) is 6.97. The molecule has 2 aromatic rings. The maximum atomic E-state index is 6.00.